The molecular formula is C13H12F3NO. The van der Waals surface area contributed by atoms with Crippen LogP contribution >= 0.6 is 0 Å². The molecule has 1 heterocycles. The summed E-state index contributed by atoms with van der Waals surface area (Å²) in [5.41, 5.74) is -0.182. The third kappa shape index (κ3) is 2.72. The molecule has 0 unspecified atom stereocenters. The molecule has 1 aromatic carbocycles. The highest BCUT2D eigenvalue weighted by Gasteiger charge is 2.31. The van der Waals surface area contributed by atoms with Gasteiger partial charge in [0.05, 0.1) is 5.56 Å². The van der Waals surface area contributed by atoms with Crippen molar-refractivity contribution in [2.75, 3.05) is 6.54 Å². The molecule has 0 atom stereocenters. The van der Waals surface area contributed by atoms with E-state index in [-0.39, 0.29) is 11.3 Å². The molecule has 2 rings (SSSR count). The maximum Gasteiger partial charge on any atom is 0.416 e. The molecule has 0 radical (unpaired) electrons. The predicted octanol–water partition coefficient (Wildman–Crippen LogP) is 3.16. The summed E-state index contributed by atoms with van der Waals surface area (Å²) in [5.74, 6) is -0.340. The molecule has 0 aromatic heterocycles. The van der Waals surface area contributed by atoms with E-state index in [4.69, 9.17) is 0 Å². The van der Waals surface area contributed by atoms with Gasteiger partial charge in [-0.1, -0.05) is 12.1 Å². The number of ketones is 1. The fourth-order valence-electron chi connectivity index (χ4n) is 1.85. The number of alkyl halides is 3. The fourth-order valence-corrected chi connectivity index (χ4v) is 1.85. The maximum absolute atomic E-state index is 12.5. The molecule has 0 spiro atoms. The average molecular weight is 255 g/mol. The molecule has 5 heteroatoms. The number of Topliss-reactive ketones (excluding diaryl/α,β-unsaturated/α-hetero) is 1. The molecule has 0 fully saturated rings. The van der Waals surface area contributed by atoms with Crippen LogP contribution in [0.15, 0.2) is 36.0 Å². The molecule has 96 valence electrons. The molecule has 18 heavy (non-hydrogen) atoms. The number of carbonyl (C=O) groups is 1. The average Bonchev–Trinajstić information content (AvgIpc) is 2.38. The molecule has 0 aliphatic carbocycles. The Labute approximate surface area is 102 Å². The van der Waals surface area contributed by atoms with Crippen molar-refractivity contribution >= 4 is 5.78 Å². The standard InChI is InChI=1S/C13H12F3NO/c14-13(15,16)11-5-1-3-9(7-11)12(18)10-4-2-6-17-8-10/h1,3,5,7-8,17H,2,4,6H2. The number of benzene rings is 1. The summed E-state index contributed by atoms with van der Waals surface area (Å²) >= 11 is 0. The van der Waals surface area contributed by atoms with Gasteiger partial charge in [-0.05, 0) is 25.0 Å². The zero-order valence-corrected chi connectivity index (χ0v) is 9.55. The number of nitrogens with one attached hydrogen (secondary N) is 1. The van der Waals surface area contributed by atoms with E-state index in [9.17, 15) is 18.0 Å². The minimum Gasteiger partial charge on any atom is -0.391 e. The number of rotatable bonds is 2. The summed E-state index contributed by atoms with van der Waals surface area (Å²) in [7, 11) is 0. The molecule has 0 amide bonds. The molecule has 1 N–H and O–H groups in total. The summed E-state index contributed by atoms with van der Waals surface area (Å²) in [6.07, 6.45) is -1.42. The van der Waals surface area contributed by atoms with Crippen LogP contribution in [-0.2, 0) is 6.18 Å². The molecule has 1 aliphatic rings. The van der Waals surface area contributed by atoms with Crippen LogP contribution in [-0.4, -0.2) is 12.3 Å². The molecule has 1 aromatic rings. The quantitative estimate of drug-likeness (QED) is 0.822. The summed E-state index contributed by atoms with van der Waals surface area (Å²) in [5, 5.41) is 2.93. The first-order valence-corrected chi connectivity index (χ1v) is 5.63. The van der Waals surface area contributed by atoms with E-state index < -0.39 is 11.7 Å². The lowest BCUT2D eigenvalue weighted by atomic mass is 9.97. The van der Waals surface area contributed by atoms with Gasteiger partial charge in [-0.2, -0.15) is 13.2 Å². The van der Waals surface area contributed by atoms with Crippen LogP contribution in [0.3, 0.4) is 0 Å². The first-order valence-electron chi connectivity index (χ1n) is 5.63. The smallest absolute Gasteiger partial charge is 0.391 e. The number of halogens is 3. The lowest BCUT2D eigenvalue weighted by molar-refractivity contribution is -0.137. The Balaban J connectivity index is 2.28. The molecular weight excluding hydrogens is 243 g/mol. The Hall–Kier alpha value is -1.78. The van der Waals surface area contributed by atoms with Crippen LogP contribution in [0.1, 0.15) is 28.8 Å². The first-order chi connectivity index (χ1) is 8.48. The van der Waals surface area contributed by atoms with Crippen molar-refractivity contribution in [2.45, 2.75) is 19.0 Å². The first kappa shape index (κ1) is 12.7. The summed E-state index contributed by atoms with van der Waals surface area (Å²) in [4.78, 5) is 12.0. The van der Waals surface area contributed by atoms with Gasteiger partial charge in [0.25, 0.3) is 0 Å². The highest BCUT2D eigenvalue weighted by Crippen LogP contribution is 2.30. The molecule has 0 saturated carbocycles. The largest absolute Gasteiger partial charge is 0.416 e. The van der Waals surface area contributed by atoms with Gasteiger partial charge in [0.2, 0.25) is 0 Å². The molecule has 1 aliphatic heterocycles. The van der Waals surface area contributed by atoms with Crippen LogP contribution in [0.25, 0.3) is 0 Å². The van der Waals surface area contributed by atoms with Crippen molar-refractivity contribution in [3.8, 4) is 0 Å². The van der Waals surface area contributed by atoms with Gasteiger partial charge in [-0.15, -0.1) is 0 Å². The van der Waals surface area contributed by atoms with Crippen molar-refractivity contribution in [1.82, 2.24) is 5.32 Å². The van der Waals surface area contributed by atoms with Gasteiger partial charge in [0.15, 0.2) is 5.78 Å². The topological polar surface area (TPSA) is 29.1 Å². The Kier molecular flexibility index (Phi) is 3.41. The van der Waals surface area contributed by atoms with Crippen molar-refractivity contribution in [1.29, 1.82) is 0 Å². The van der Waals surface area contributed by atoms with Crippen molar-refractivity contribution < 1.29 is 18.0 Å². The monoisotopic (exact) mass is 255 g/mol. The number of allylic oxidation sites excluding steroid dienone is 1. The molecule has 0 bridgehead atoms. The Morgan fingerprint density at radius 3 is 2.67 bits per heavy atom. The van der Waals surface area contributed by atoms with Gasteiger partial charge in [0.1, 0.15) is 0 Å². The van der Waals surface area contributed by atoms with Crippen molar-refractivity contribution in [3.63, 3.8) is 0 Å². The molecule has 0 saturated heterocycles. The fraction of sp³-hybridized carbons (Fsp3) is 0.308. The second-order valence-electron chi connectivity index (χ2n) is 4.13. The van der Waals surface area contributed by atoms with Crippen LogP contribution in [0.2, 0.25) is 0 Å². The maximum atomic E-state index is 12.5. The van der Waals surface area contributed by atoms with Crippen molar-refractivity contribution in [3.05, 3.63) is 47.2 Å². The lowest BCUT2D eigenvalue weighted by Crippen LogP contribution is -2.18. The Bertz CT molecular complexity index is 491. The minimum absolute atomic E-state index is 0.0831. The predicted molar refractivity (Wildman–Crippen MR) is 61.1 cm³/mol. The summed E-state index contributed by atoms with van der Waals surface area (Å²) in [6.45, 7) is 0.791. The zero-order valence-electron chi connectivity index (χ0n) is 9.55. The van der Waals surface area contributed by atoms with Gasteiger partial charge >= 0.3 is 6.18 Å². The lowest BCUT2D eigenvalue weighted by Gasteiger charge is -2.14. The van der Waals surface area contributed by atoms with E-state index in [0.717, 1.165) is 25.1 Å². The van der Waals surface area contributed by atoms with Crippen LogP contribution in [0.5, 0.6) is 0 Å². The Morgan fingerprint density at radius 1 is 1.28 bits per heavy atom. The van der Waals surface area contributed by atoms with Crippen LogP contribution in [0.4, 0.5) is 13.2 Å². The van der Waals surface area contributed by atoms with Crippen LogP contribution < -0.4 is 5.32 Å². The third-order valence-corrected chi connectivity index (χ3v) is 2.79. The third-order valence-electron chi connectivity index (χ3n) is 2.79. The van der Waals surface area contributed by atoms with Crippen LogP contribution in [0, 0.1) is 0 Å². The van der Waals surface area contributed by atoms with Gasteiger partial charge in [0, 0.05) is 23.9 Å². The summed E-state index contributed by atoms with van der Waals surface area (Å²) < 4.78 is 37.6. The number of hydrogen-bond acceptors (Lipinski definition) is 2. The normalized spacial score (nSPS) is 15.8. The van der Waals surface area contributed by atoms with Gasteiger partial charge in [-0.3, -0.25) is 4.79 Å². The van der Waals surface area contributed by atoms with Gasteiger partial charge in [-0.25, -0.2) is 0 Å². The second kappa shape index (κ2) is 4.84. The van der Waals surface area contributed by atoms with E-state index in [0.29, 0.717) is 12.0 Å². The van der Waals surface area contributed by atoms with E-state index in [1.54, 1.807) is 6.20 Å². The van der Waals surface area contributed by atoms with Crippen molar-refractivity contribution in [2.24, 2.45) is 0 Å². The van der Waals surface area contributed by atoms with Gasteiger partial charge < -0.3 is 5.32 Å². The minimum atomic E-state index is -4.42. The second-order valence-corrected chi connectivity index (χ2v) is 4.13. The zero-order chi connectivity index (χ0) is 13.2. The van der Waals surface area contributed by atoms with E-state index in [1.165, 1.54) is 12.1 Å². The summed E-state index contributed by atoms with van der Waals surface area (Å²) in [6, 6.07) is 4.53. The van der Waals surface area contributed by atoms with E-state index >= 15 is 0 Å². The number of carbonyl (C=O) groups excluding carboxylic acids is 1. The van der Waals surface area contributed by atoms with E-state index in [2.05, 4.69) is 5.32 Å². The van der Waals surface area contributed by atoms with E-state index in [1.807, 2.05) is 0 Å². The molecule has 2 nitrogen and oxygen atoms in total. The highest BCUT2D eigenvalue weighted by atomic mass is 19.4. The SMILES string of the molecule is O=C(C1=CNCCC1)c1cccc(C(F)(F)F)c1. The highest BCUT2D eigenvalue weighted by molar-refractivity contribution is 6.08. The number of hydrogen-bond donors (Lipinski definition) is 1. The Morgan fingerprint density at radius 2 is 2.06 bits per heavy atom.